The summed E-state index contributed by atoms with van der Waals surface area (Å²) in [6.45, 7) is 3.56. The van der Waals surface area contributed by atoms with Crippen molar-refractivity contribution < 1.29 is 31.7 Å². The Bertz CT molecular complexity index is 1390. The highest BCUT2D eigenvalue weighted by molar-refractivity contribution is 7.91. The van der Waals surface area contributed by atoms with Crippen molar-refractivity contribution in [3.8, 4) is 5.75 Å². The number of benzene rings is 2. The molecule has 10 heteroatoms. The number of ether oxygens (including phenoxy) is 2. The van der Waals surface area contributed by atoms with Crippen LogP contribution in [0.5, 0.6) is 5.75 Å². The quantitative estimate of drug-likeness (QED) is 0.537. The number of carbonyl (C=O) groups is 2. The first-order chi connectivity index (χ1) is 15.8. The van der Waals surface area contributed by atoms with Crippen LogP contribution in [0.3, 0.4) is 0 Å². The van der Waals surface area contributed by atoms with Crippen LogP contribution < -0.4 is 14.8 Å². The minimum Gasteiger partial charge on any atom is -0.462 e. The molecule has 3 heterocycles. The average molecular weight is 468 g/mol. The monoisotopic (exact) mass is 468 g/mol. The lowest BCUT2D eigenvalue weighted by molar-refractivity contribution is -0.140. The van der Waals surface area contributed by atoms with E-state index in [0.29, 0.717) is 11.3 Å². The summed E-state index contributed by atoms with van der Waals surface area (Å²) in [7, 11) is -4.59. The molecular formula is C23H20N2O7S. The van der Waals surface area contributed by atoms with E-state index >= 15 is 0 Å². The van der Waals surface area contributed by atoms with Crippen LogP contribution in [-0.2, 0) is 34.6 Å². The molecule has 0 saturated heterocycles. The second-order valence-corrected chi connectivity index (χ2v) is 9.05. The zero-order valence-corrected chi connectivity index (χ0v) is 18.6. The fourth-order valence-electron chi connectivity index (χ4n) is 4.73. The van der Waals surface area contributed by atoms with Crippen molar-refractivity contribution in [1.29, 1.82) is 0 Å². The highest BCUT2D eigenvalue weighted by Crippen LogP contribution is 2.59. The minimum atomic E-state index is -4.59. The van der Waals surface area contributed by atoms with Gasteiger partial charge in [0, 0.05) is 17.8 Å². The molecule has 170 valence electrons. The van der Waals surface area contributed by atoms with Gasteiger partial charge in [0.15, 0.2) is 21.8 Å². The molecule has 3 aliphatic heterocycles. The Morgan fingerprint density at radius 2 is 1.82 bits per heavy atom. The van der Waals surface area contributed by atoms with E-state index in [9.17, 15) is 18.0 Å². The second kappa shape index (κ2) is 7.11. The Morgan fingerprint density at radius 1 is 1.12 bits per heavy atom. The molecule has 0 bridgehead atoms. The van der Waals surface area contributed by atoms with Gasteiger partial charge in [0.2, 0.25) is 11.8 Å². The SMILES string of the molecule is CCOC(=O)C1=C(N)OC2=C(C13C(=O)N(CC)c1ccccc13)S(=O)(=O)Oc1ccccc12. The van der Waals surface area contributed by atoms with Crippen LogP contribution in [0.15, 0.2) is 64.9 Å². The van der Waals surface area contributed by atoms with Crippen LogP contribution in [0.1, 0.15) is 25.0 Å². The Labute approximate surface area is 190 Å². The third-order valence-electron chi connectivity index (χ3n) is 5.92. The number of fused-ring (bicyclic) bond motifs is 5. The maximum atomic E-state index is 14.1. The number of likely N-dealkylation sites (N-methyl/N-ethyl adjacent to an activating group) is 1. The van der Waals surface area contributed by atoms with Crippen molar-refractivity contribution in [2.75, 3.05) is 18.1 Å². The van der Waals surface area contributed by atoms with Crippen LogP contribution in [0.4, 0.5) is 5.69 Å². The summed E-state index contributed by atoms with van der Waals surface area (Å²) in [5, 5.41) is 0. The van der Waals surface area contributed by atoms with Gasteiger partial charge in [0.25, 0.3) is 0 Å². The number of carbonyl (C=O) groups excluding carboxylic acids is 2. The molecule has 2 aromatic rings. The predicted octanol–water partition coefficient (Wildman–Crippen LogP) is 2.15. The molecule has 2 N–H and O–H groups in total. The van der Waals surface area contributed by atoms with Crippen molar-refractivity contribution in [2.45, 2.75) is 19.3 Å². The Hall–Kier alpha value is -3.79. The van der Waals surface area contributed by atoms with E-state index in [2.05, 4.69) is 0 Å². The molecule has 1 unspecified atom stereocenters. The number of anilines is 1. The lowest BCUT2D eigenvalue weighted by Gasteiger charge is -2.38. The third kappa shape index (κ3) is 2.61. The standard InChI is InChI=1S/C23H20N2O7S/c1-3-25-15-11-7-6-10-14(15)23(22(25)27)17(21(26)30-4-2)20(24)31-18-13-9-5-8-12-16(13)32-33(28,29)19(18)23/h5-12H,3-4,24H2,1-2H3. The topological polar surface area (TPSA) is 125 Å². The minimum absolute atomic E-state index is 0.0169. The molecule has 0 aromatic heterocycles. The zero-order valence-electron chi connectivity index (χ0n) is 17.8. The summed E-state index contributed by atoms with van der Waals surface area (Å²) >= 11 is 0. The van der Waals surface area contributed by atoms with Crippen LogP contribution in [0.2, 0.25) is 0 Å². The summed E-state index contributed by atoms with van der Waals surface area (Å²) < 4.78 is 43.5. The number of nitrogens with two attached hydrogens (primary N) is 1. The van der Waals surface area contributed by atoms with E-state index in [0.717, 1.165) is 0 Å². The van der Waals surface area contributed by atoms with Gasteiger partial charge in [-0.2, -0.15) is 8.42 Å². The van der Waals surface area contributed by atoms with E-state index in [1.807, 2.05) is 0 Å². The first kappa shape index (κ1) is 21.1. The highest BCUT2D eigenvalue weighted by atomic mass is 32.2. The summed E-state index contributed by atoms with van der Waals surface area (Å²) in [6, 6.07) is 13.0. The van der Waals surface area contributed by atoms with Crippen molar-refractivity contribution in [3.05, 3.63) is 76.0 Å². The van der Waals surface area contributed by atoms with Gasteiger partial charge in [-0.3, -0.25) is 4.79 Å². The number of esters is 1. The Balaban J connectivity index is 1.96. The van der Waals surface area contributed by atoms with Gasteiger partial charge in [-0.25, -0.2) is 4.79 Å². The Morgan fingerprint density at radius 3 is 2.55 bits per heavy atom. The molecule has 0 saturated carbocycles. The average Bonchev–Trinajstić information content (AvgIpc) is 3.01. The van der Waals surface area contributed by atoms with Gasteiger partial charge in [0.05, 0.1) is 12.2 Å². The molecule has 0 aliphatic carbocycles. The summed E-state index contributed by atoms with van der Waals surface area (Å²) in [5.41, 5.74) is 4.77. The number of amides is 1. The number of hydrogen-bond donors (Lipinski definition) is 1. The first-order valence-corrected chi connectivity index (χ1v) is 11.7. The van der Waals surface area contributed by atoms with Crippen molar-refractivity contribution >= 4 is 33.4 Å². The van der Waals surface area contributed by atoms with Crippen LogP contribution in [0.25, 0.3) is 5.76 Å². The van der Waals surface area contributed by atoms with E-state index in [4.69, 9.17) is 19.4 Å². The molecule has 1 atom stereocenters. The first-order valence-electron chi connectivity index (χ1n) is 10.3. The maximum Gasteiger partial charge on any atom is 0.341 e. The summed E-state index contributed by atoms with van der Waals surface area (Å²) in [5.74, 6) is -2.12. The van der Waals surface area contributed by atoms with Gasteiger partial charge in [-0.1, -0.05) is 30.3 Å². The molecule has 1 spiro atoms. The fraction of sp³-hybridized carbons (Fsp3) is 0.217. The largest absolute Gasteiger partial charge is 0.462 e. The maximum absolute atomic E-state index is 14.1. The molecule has 1 amide bonds. The molecular weight excluding hydrogens is 448 g/mol. The second-order valence-electron chi connectivity index (χ2n) is 7.57. The molecule has 5 rings (SSSR count). The van der Waals surface area contributed by atoms with Crippen molar-refractivity contribution in [1.82, 2.24) is 0 Å². The van der Waals surface area contributed by atoms with Crippen molar-refractivity contribution in [2.24, 2.45) is 5.73 Å². The summed E-state index contributed by atoms with van der Waals surface area (Å²) in [6.07, 6.45) is 0. The van der Waals surface area contributed by atoms with E-state index < -0.39 is 38.2 Å². The predicted molar refractivity (Wildman–Crippen MR) is 118 cm³/mol. The van der Waals surface area contributed by atoms with Crippen LogP contribution in [-0.4, -0.2) is 33.4 Å². The zero-order chi connectivity index (χ0) is 23.5. The molecule has 0 radical (unpaired) electrons. The normalized spacial score (nSPS) is 22.4. The molecule has 3 aliphatic rings. The Kier molecular flexibility index (Phi) is 4.54. The number of hydrogen-bond acceptors (Lipinski definition) is 8. The van der Waals surface area contributed by atoms with E-state index in [1.54, 1.807) is 56.3 Å². The van der Waals surface area contributed by atoms with Gasteiger partial charge in [-0.15, -0.1) is 0 Å². The van der Waals surface area contributed by atoms with Gasteiger partial charge in [0.1, 0.15) is 5.57 Å². The number of para-hydroxylation sites is 2. The smallest absolute Gasteiger partial charge is 0.341 e. The lowest BCUT2D eigenvalue weighted by Crippen LogP contribution is -2.51. The highest BCUT2D eigenvalue weighted by Gasteiger charge is 2.66. The van der Waals surface area contributed by atoms with Crippen molar-refractivity contribution in [3.63, 3.8) is 0 Å². The molecule has 0 fully saturated rings. The fourth-order valence-corrected chi connectivity index (χ4v) is 6.24. The molecule has 2 aromatic carbocycles. The third-order valence-corrected chi connectivity index (χ3v) is 7.31. The van der Waals surface area contributed by atoms with Gasteiger partial charge >= 0.3 is 16.1 Å². The molecule has 9 nitrogen and oxygen atoms in total. The number of rotatable bonds is 3. The van der Waals surface area contributed by atoms with Crippen LogP contribution >= 0.6 is 0 Å². The van der Waals surface area contributed by atoms with E-state index in [1.165, 1.54) is 11.0 Å². The van der Waals surface area contributed by atoms with Gasteiger partial charge < -0.3 is 24.3 Å². The number of nitrogens with zero attached hydrogens (tertiary/aromatic N) is 1. The van der Waals surface area contributed by atoms with Gasteiger partial charge in [-0.05, 0) is 32.0 Å². The van der Waals surface area contributed by atoms with Crippen LogP contribution in [0, 0.1) is 0 Å². The van der Waals surface area contributed by atoms with E-state index in [-0.39, 0.29) is 35.8 Å². The lowest BCUT2D eigenvalue weighted by atomic mass is 9.72. The molecule has 33 heavy (non-hydrogen) atoms. The summed E-state index contributed by atoms with van der Waals surface area (Å²) in [4.78, 5) is 28.2.